The first-order valence-electron chi connectivity index (χ1n) is 5.26. The first kappa shape index (κ1) is 11.9. The molecule has 17 heavy (non-hydrogen) atoms. The number of benzene rings is 1. The van der Waals surface area contributed by atoms with Crippen molar-refractivity contribution in [3.05, 3.63) is 28.6 Å². The quantitative estimate of drug-likeness (QED) is 0.881. The summed E-state index contributed by atoms with van der Waals surface area (Å²) in [5.41, 5.74) is 7.51. The number of fused-ring (bicyclic) bond motifs is 1. The minimum Gasteiger partial charge on any atom is -0.397 e. The molecule has 1 amide bonds. The van der Waals surface area contributed by atoms with E-state index in [1.54, 1.807) is 0 Å². The third-order valence-corrected chi connectivity index (χ3v) is 3.65. The number of rotatable bonds is 3. The Labute approximate surface area is 102 Å². The van der Waals surface area contributed by atoms with Gasteiger partial charge in [0.25, 0.3) is 5.91 Å². The van der Waals surface area contributed by atoms with Gasteiger partial charge in [-0.2, -0.15) is 0 Å². The molecule has 0 spiro atoms. The molecule has 1 aromatic heterocycles. The average Bonchev–Trinajstić information content (AvgIpc) is 2.64. The molecule has 3 nitrogen and oxygen atoms in total. The lowest BCUT2D eigenvalue weighted by atomic mass is 10.1. The van der Waals surface area contributed by atoms with E-state index in [9.17, 15) is 9.18 Å². The van der Waals surface area contributed by atoms with Gasteiger partial charge in [0, 0.05) is 16.6 Å². The number of carbonyl (C=O) groups is 1. The highest BCUT2D eigenvalue weighted by molar-refractivity contribution is 7.21. The van der Waals surface area contributed by atoms with E-state index in [-0.39, 0.29) is 12.5 Å². The van der Waals surface area contributed by atoms with Crippen LogP contribution in [0.3, 0.4) is 0 Å². The highest BCUT2D eigenvalue weighted by Crippen LogP contribution is 2.33. The molecule has 3 N–H and O–H groups in total. The van der Waals surface area contributed by atoms with Crippen molar-refractivity contribution >= 4 is 33.0 Å². The number of thiophene rings is 1. The van der Waals surface area contributed by atoms with Crippen LogP contribution in [0.15, 0.2) is 18.2 Å². The number of carbonyl (C=O) groups excluding carboxylic acids is 1. The van der Waals surface area contributed by atoms with Gasteiger partial charge in [0.05, 0.1) is 5.69 Å². The second-order valence-electron chi connectivity index (χ2n) is 3.79. The third kappa shape index (κ3) is 2.24. The number of amides is 1. The fourth-order valence-corrected chi connectivity index (χ4v) is 2.66. The Bertz CT molecular complexity index is 565. The van der Waals surface area contributed by atoms with Gasteiger partial charge in [0.1, 0.15) is 11.6 Å². The van der Waals surface area contributed by atoms with Gasteiger partial charge in [-0.15, -0.1) is 11.3 Å². The highest BCUT2D eigenvalue weighted by atomic mass is 32.1. The van der Waals surface area contributed by atoms with E-state index >= 15 is 0 Å². The molecule has 1 heterocycles. The zero-order valence-corrected chi connectivity index (χ0v) is 10.2. The van der Waals surface area contributed by atoms with Gasteiger partial charge < -0.3 is 11.1 Å². The molecule has 0 bridgehead atoms. The molecular weight excluding hydrogens is 239 g/mol. The summed E-state index contributed by atoms with van der Waals surface area (Å²) >= 11 is 1.33. The van der Waals surface area contributed by atoms with E-state index < -0.39 is 6.67 Å². The zero-order chi connectivity index (χ0) is 12.4. The van der Waals surface area contributed by atoms with Crippen molar-refractivity contribution in [2.75, 3.05) is 19.0 Å². The Morgan fingerprint density at radius 2 is 2.29 bits per heavy atom. The van der Waals surface area contributed by atoms with Crippen LogP contribution in [0.2, 0.25) is 0 Å². The summed E-state index contributed by atoms with van der Waals surface area (Å²) in [5.74, 6) is -0.306. The maximum Gasteiger partial charge on any atom is 0.263 e. The van der Waals surface area contributed by atoms with Crippen LogP contribution in [-0.4, -0.2) is 19.1 Å². The molecule has 2 aromatic rings. The van der Waals surface area contributed by atoms with Crippen LogP contribution in [-0.2, 0) is 0 Å². The van der Waals surface area contributed by atoms with Crippen molar-refractivity contribution < 1.29 is 9.18 Å². The summed E-state index contributed by atoms with van der Waals surface area (Å²) in [6.07, 6.45) is 0. The van der Waals surface area contributed by atoms with E-state index in [1.807, 2.05) is 25.1 Å². The Balaban J connectivity index is 2.42. The van der Waals surface area contributed by atoms with Gasteiger partial charge in [-0.25, -0.2) is 4.39 Å². The molecule has 0 atom stereocenters. The number of nitrogens with two attached hydrogens (primary N) is 1. The standard InChI is InChI=1S/C12H13FN2OS/c1-7-2-3-9-8(6-7)10(14)11(17-9)12(16)15-5-4-13/h2-3,6H,4-5,14H2,1H3,(H,15,16). The van der Waals surface area contributed by atoms with E-state index in [2.05, 4.69) is 5.32 Å². The van der Waals surface area contributed by atoms with Gasteiger partial charge in [-0.1, -0.05) is 11.6 Å². The molecule has 2 rings (SSSR count). The van der Waals surface area contributed by atoms with Crippen LogP contribution in [0.5, 0.6) is 0 Å². The second-order valence-corrected chi connectivity index (χ2v) is 4.84. The number of halogens is 1. The monoisotopic (exact) mass is 252 g/mol. The summed E-state index contributed by atoms with van der Waals surface area (Å²) in [7, 11) is 0. The zero-order valence-electron chi connectivity index (χ0n) is 9.42. The first-order valence-corrected chi connectivity index (χ1v) is 6.08. The number of hydrogen-bond donors (Lipinski definition) is 2. The van der Waals surface area contributed by atoms with Crippen molar-refractivity contribution in [1.82, 2.24) is 5.32 Å². The van der Waals surface area contributed by atoms with Gasteiger partial charge >= 0.3 is 0 Å². The lowest BCUT2D eigenvalue weighted by Gasteiger charge is -2.00. The fraction of sp³-hybridized carbons (Fsp3) is 0.250. The Morgan fingerprint density at radius 1 is 1.53 bits per heavy atom. The van der Waals surface area contributed by atoms with Crippen molar-refractivity contribution in [3.8, 4) is 0 Å². The molecule has 0 aliphatic rings. The molecule has 0 aliphatic carbocycles. The molecule has 90 valence electrons. The van der Waals surface area contributed by atoms with E-state index in [1.165, 1.54) is 11.3 Å². The van der Waals surface area contributed by atoms with Crippen molar-refractivity contribution in [2.24, 2.45) is 0 Å². The van der Waals surface area contributed by atoms with Crippen molar-refractivity contribution in [2.45, 2.75) is 6.92 Å². The summed E-state index contributed by atoms with van der Waals surface area (Å²) in [5, 5.41) is 3.37. The average molecular weight is 252 g/mol. The smallest absolute Gasteiger partial charge is 0.263 e. The summed E-state index contributed by atoms with van der Waals surface area (Å²) in [6, 6.07) is 5.87. The van der Waals surface area contributed by atoms with Crippen LogP contribution >= 0.6 is 11.3 Å². The predicted octanol–water partition coefficient (Wildman–Crippen LogP) is 2.49. The van der Waals surface area contributed by atoms with Gasteiger partial charge in [-0.3, -0.25) is 4.79 Å². The Hall–Kier alpha value is -1.62. The molecule has 0 radical (unpaired) electrons. The third-order valence-electron chi connectivity index (χ3n) is 2.47. The Kier molecular flexibility index (Phi) is 3.28. The largest absolute Gasteiger partial charge is 0.397 e. The fourth-order valence-electron chi connectivity index (χ4n) is 1.64. The minimum atomic E-state index is -0.574. The maximum atomic E-state index is 12.0. The van der Waals surface area contributed by atoms with Gasteiger partial charge in [0.15, 0.2) is 0 Å². The van der Waals surface area contributed by atoms with Crippen LogP contribution in [0.1, 0.15) is 15.2 Å². The van der Waals surface area contributed by atoms with Crippen molar-refractivity contribution in [3.63, 3.8) is 0 Å². The normalized spacial score (nSPS) is 10.7. The minimum absolute atomic E-state index is 0.0194. The van der Waals surface area contributed by atoms with E-state index in [4.69, 9.17) is 5.73 Å². The number of alkyl halides is 1. The van der Waals surface area contributed by atoms with Gasteiger partial charge in [0.2, 0.25) is 0 Å². The maximum absolute atomic E-state index is 12.0. The number of aryl methyl sites for hydroxylation is 1. The molecule has 0 aliphatic heterocycles. The number of anilines is 1. The van der Waals surface area contributed by atoms with E-state index in [0.717, 1.165) is 15.6 Å². The number of nitrogen functional groups attached to an aromatic ring is 1. The molecule has 1 aromatic carbocycles. The van der Waals surface area contributed by atoms with Crippen LogP contribution in [0.4, 0.5) is 10.1 Å². The summed E-state index contributed by atoms with van der Waals surface area (Å²) in [4.78, 5) is 12.2. The van der Waals surface area contributed by atoms with Gasteiger partial charge in [-0.05, 0) is 19.1 Å². The molecule has 0 saturated carbocycles. The molecule has 0 fully saturated rings. The van der Waals surface area contributed by atoms with Crippen LogP contribution in [0, 0.1) is 6.92 Å². The molecule has 0 unspecified atom stereocenters. The van der Waals surface area contributed by atoms with Crippen LogP contribution in [0.25, 0.3) is 10.1 Å². The lowest BCUT2D eigenvalue weighted by molar-refractivity contribution is 0.0955. The predicted molar refractivity (Wildman–Crippen MR) is 69.3 cm³/mol. The topological polar surface area (TPSA) is 55.1 Å². The first-order chi connectivity index (χ1) is 8.13. The lowest BCUT2D eigenvalue weighted by Crippen LogP contribution is -2.25. The van der Waals surface area contributed by atoms with Crippen molar-refractivity contribution in [1.29, 1.82) is 0 Å². The van der Waals surface area contributed by atoms with E-state index in [0.29, 0.717) is 10.6 Å². The highest BCUT2D eigenvalue weighted by Gasteiger charge is 2.15. The molecular formula is C12H13FN2OS. The summed E-state index contributed by atoms with van der Waals surface area (Å²) in [6.45, 7) is 1.42. The Morgan fingerprint density at radius 3 is 3.00 bits per heavy atom. The number of hydrogen-bond acceptors (Lipinski definition) is 3. The summed E-state index contributed by atoms with van der Waals surface area (Å²) < 4.78 is 13.0. The number of nitrogens with one attached hydrogen (secondary N) is 1. The van der Waals surface area contributed by atoms with Crippen LogP contribution < -0.4 is 11.1 Å². The molecule has 5 heteroatoms. The SMILES string of the molecule is Cc1ccc2sc(C(=O)NCCF)c(N)c2c1. The second kappa shape index (κ2) is 4.71. The molecule has 0 saturated heterocycles.